The van der Waals surface area contributed by atoms with Gasteiger partial charge in [0.15, 0.2) is 6.61 Å². The number of ether oxygens (including phenoxy) is 1. The maximum absolute atomic E-state index is 11.9. The number of primary amides is 1. The molecule has 0 atom stereocenters. The Morgan fingerprint density at radius 2 is 2.15 bits per heavy atom. The monoisotopic (exact) mass is 294 g/mol. The lowest BCUT2D eigenvalue weighted by atomic mass is 10.2. The van der Waals surface area contributed by atoms with E-state index in [2.05, 4.69) is 5.32 Å². The number of anilines is 1. The summed E-state index contributed by atoms with van der Waals surface area (Å²) in [6.07, 6.45) is 1.32. The Labute approximate surface area is 119 Å². The highest BCUT2D eigenvalue weighted by atomic mass is 35.5. The first kappa shape index (κ1) is 14.0. The summed E-state index contributed by atoms with van der Waals surface area (Å²) in [5.74, 6) is -0.569. The van der Waals surface area contributed by atoms with Gasteiger partial charge in [0.05, 0.1) is 11.8 Å². The molecular formula is C13H11ClN2O4. The van der Waals surface area contributed by atoms with Crippen molar-refractivity contribution in [3.63, 3.8) is 0 Å². The van der Waals surface area contributed by atoms with Crippen molar-refractivity contribution in [3.05, 3.63) is 47.4 Å². The largest absolute Gasteiger partial charge is 0.484 e. The molecule has 0 aliphatic heterocycles. The summed E-state index contributed by atoms with van der Waals surface area (Å²) < 4.78 is 9.97. The molecule has 104 valence electrons. The third-order valence-corrected chi connectivity index (χ3v) is 2.63. The lowest BCUT2D eigenvalue weighted by Crippen LogP contribution is -2.20. The van der Waals surface area contributed by atoms with E-state index in [0.717, 1.165) is 0 Å². The summed E-state index contributed by atoms with van der Waals surface area (Å²) >= 11 is 5.71. The van der Waals surface area contributed by atoms with Crippen LogP contribution in [0.5, 0.6) is 5.75 Å². The van der Waals surface area contributed by atoms with Crippen molar-refractivity contribution in [1.29, 1.82) is 0 Å². The summed E-state index contributed by atoms with van der Waals surface area (Å²) in [5, 5.41) is 2.65. The van der Waals surface area contributed by atoms with Crippen LogP contribution < -0.4 is 15.8 Å². The summed E-state index contributed by atoms with van der Waals surface area (Å²) in [6.45, 7) is -0.231. The van der Waals surface area contributed by atoms with Gasteiger partial charge < -0.3 is 20.2 Å². The van der Waals surface area contributed by atoms with Crippen molar-refractivity contribution >= 4 is 29.1 Å². The molecule has 1 aromatic carbocycles. The van der Waals surface area contributed by atoms with Crippen LogP contribution in [0.1, 0.15) is 10.4 Å². The van der Waals surface area contributed by atoms with Crippen molar-refractivity contribution in [1.82, 2.24) is 0 Å². The first-order chi connectivity index (χ1) is 9.56. The van der Waals surface area contributed by atoms with Gasteiger partial charge in [-0.15, -0.1) is 0 Å². The van der Waals surface area contributed by atoms with Crippen LogP contribution in [0.3, 0.4) is 0 Å². The molecule has 0 fully saturated rings. The molecule has 0 saturated carbocycles. The summed E-state index contributed by atoms with van der Waals surface area (Å²) in [7, 11) is 0. The molecule has 0 bridgehead atoms. The van der Waals surface area contributed by atoms with Crippen LogP contribution >= 0.6 is 11.6 Å². The van der Waals surface area contributed by atoms with Gasteiger partial charge in [0.2, 0.25) is 5.22 Å². The smallest absolute Gasteiger partial charge is 0.260 e. The molecule has 0 radical (unpaired) electrons. The Kier molecular flexibility index (Phi) is 4.27. The second-order valence-corrected chi connectivity index (χ2v) is 4.19. The number of amides is 2. The minimum atomic E-state index is -0.579. The van der Waals surface area contributed by atoms with Gasteiger partial charge in [-0.05, 0) is 29.8 Å². The fourth-order valence-electron chi connectivity index (χ4n) is 1.47. The average Bonchev–Trinajstić information content (AvgIpc) is 2.83. The van der Waals surface area contributed by atoms with Gasteiger partial charge >= 0.3 is 0 Å². The quantitative estimate of drug-likeness (QED) is 0.882. The van der Waals surface area contributed by atoms with E-state index in [1.165, 1.54) is 12.3 Å². The first-order valence-corrected chi connectivity index (χ1v) is 5.99. The van der Waals surface area contributed by atoms with E-state index in [4.69, 9.17) is 26.5 Å². The Bertz CT molecular complexity index is 639. The van der Waals surface area contributed by atoms with Gasteiger partial charge in [-0.3, -0.25) is 9.59 Å². The summed E-state index contributed by atoms with van der Waals surface area (Å²) in [4.78, 5) is 22.5. The van der Waals surface area contributed by atoms with Crippen LogP contribution in [0, 0.1) is 0 Å². The van der Waals surface area contributed by atoms with Crippen molar-refractivity contribution in [3.8, 4) is 5.75 Å². The number of hydrogen-bond donors (Lipinski definition) is 2. The van der Waals surface area contributed by atoms with Crippen LogP contribution in [0.15, 0.2) is 41.0 Å². The predicted octanol–water partition coefficient (Wildman–Crippen LogP) is 2.05. The van der Waals surface area contributed by atoms with Crippen molar-refractivity contribution in [2.75, 3.05) is 11.9 Å². The zero-order valence-electron chi connectivity index (χ0n) is 10.3. The number of nitrogens with two attached hydrogens (primary N) is 1. The van der Waals surface area contributed by atoms with Crippen molar-refractivity contribution < 1.29 is 18.7 Å². The molecule has 2 amide bonds. The van der Waals surface area contributed by atoms with E-state index < -0.39 is 11.8 Å². The third kappa shape index (κ3) is 3.52. The lowest BCUT2D eigenvalue weighted by Gasteiger charge is -2.07. The maximum Gasteiger partial charge on any atom is 0.260 e. The molecule has 7 heteroatoms. The molecular weight excluding hydrogens is 284 g/mol. The molecule has 2 aromatic rings. The number of halogens is 1. The Hall–Kier alpha value is -2.47. The summed E-state index contributed by atoms with van der Waals surface area (Å²) in [6, 6.07) is 8.01. The topological polar surface area (TPSA) is 94.6 Å². The van der Waals surface area contributed by atoms with Gasteiger partial charge in [-0.2, -0.15) is 0 Å². The number of carbonyl (C=O) groups is 2. The second-order valence-electron chi connectivity index (χ2n) is 3.84. The molecule has 1 heterocycles. The molecule has 3 N–H and O–H groups in total. The van der Waals surface area contributed by atoms with Crippen LogP contribution in [0.2, 0.25) is 5.22 Å². The fraction of sp³-hybridized carbons (Fsp3) is 0.0769. The minimum Gasteiger partial charge on any atom is -0.484 e. The zero-order valence-corrected chi connectivity index (χ0v) is 11.0. The molecule has 0 spiro atoms. The van der Waals surface area contributed by atoms with Crippen LogP contribution in [0.25, 0.3) is 0 Å². The number of rotatable bonds is 5. The van der Waals surface area contributed by atoms with Gasteiger partial charge in [-0.25, -0.2) is 0 Å². The second kappa shape index (κ2) is 6.12. The molecule has 6 nitrogen and oxygen atoms in total. The molecule has 0 aliphatic carbocycles. The average molecular weight is 295 g/mol. The van der Waals surface area contributed by atoms with Gasteiger partial charge in [0.1, 0.15) is 5.75 Å². The van der Waals surface area contributed by atoms with E-state index in [9.17, 15) is 9.59 Å². The number of carbonyl (C=O) groups excluding carboxylic acids is 2. The predicted molar refractivity (Wildman–Crippen MR) is 72.8 cm³/mol. The van der Waals surface area contributed by atoms with Crippen molar-refractivity contribution in [2.24, 2.45) is 5.73 Å². The minimum absolute atomic E-state index is 0.0173. The molecule has 20 heavy (non-hydrogen) atoms. The molecule has 0 saturated heterocycles. The Morgan fingerprint density at radius 1 is 1.35 bits per heavy atom. The van der Waals surface area contributed by atoms with Crippen LogP contribution in [0.4, 0.5) is 5.69 Å². The zero-order chi connectivity index (χ0) is 14.5. The fourth-order valence-corrected chi connectivity index (χ4v) is 1.67. The number of furan rings is 1. The van der Waals surface area contributed by atoms with E-state index in [0.29, 0.717) is 11.4 Å². The number of hydrogen-bond acceptors (Lipinski definition) is 4. The third-order valence-electron chi connectivity index (χ3n) is 2.34. The van der Waals surface area contributed by atoms with Crippen LogP contribution in [-0.4, -0.2) is 18.4 Å². The molecule has 0 aliphatic rings. The molecule has 2 rings (SSSR count). The van der Waals surface area contributed by atoms with E-state index in [1.807, 2.05) is 0 Å². The van der Waals surface area contributed by atoms with Gasteiger partial charge in [-0.1, -0.05) is 6.07 Å². The Balaban J connectivity index is 2.06. The van der Waals surface area contributed by atoms with Gasteiger partial charge in [0, 0.05) is 11.8 Å². The molecule has 0 unspecified atom stereocenters. The normalized spacial score (nSPS) is 10.1. The maximum atomic E-state index is 11.9. The van der Waals surface area contributed by atoms with E-state index >= 15 is 0 Å². The SMILES string of the molecule is NC(=O)COc1cccc(NC(=O)c2ccoc2Cl)c1. The Morgan fingerprint density at radius 3 is 2.80 bits per heavy atom. The lowest BCUT2D eigenvalue weighted by molar-refractivity contribution is -0.119. The standard InChI is InChI=1S/C13H11ClN2O4/c14-12-10(4-5-19-12)13(18)16-8-2-1-3-9(6-8)20-7-11(15)17/h1-6H,7H2,(H2,15,17)(H,16,18). The number of benzene rings is 1. The van der Waals surface area contributed by atoms with Crippen LogP contribution in [-0.2, 0) is 4.79 Å². The highest BCUT2D eigenvalue weighted by molar-refractivity contribution is 6.32. The van der Waals surface area contributed by atoms with Crippen molar-refractivity contribution in [2.45, 2.75) is 0 Å². The molecule has 1 aromatic heterocycles. The van der Waals surface area contributed by atoms with E-state index in [1.54, 1.807) is 24.3 Å². The summed E-state index contributed by atoms with van der Waals surface area (Å²) in [5.41, 5.74) is 5.71. The highest BCUT2D eigenvalue weighted by Crippen LogP contribution is 2.21. The van der Waals surface area contributed by atoms with E-state index in [-0.39, 0.29) is 17.4 Å². The first-order valence-electron chi connectivity index (χ1n) is 5.62. The highest BCUT2D eigenvalue weighted by Gasteiger charge is 2.13. The van der Waals surface area contributed by atoms with Gasteiger partial charge in [0.25, 0.3) is 11.8 Å². The number of nitrogens with one attached hydrogen (secondary N) is 1.